The molecular formula is C23H28AsClN4O5. The van der Waals surface area contributed by atoms with E-state index in [4.69, 9.17) is 21.1 Å². The molecular weight excluding hydrogens is 523 g/mol. The average molecular weight is 551 g/mol. The third kappa shape index (κ3) is 4.63. The van der Waals surface area contributed by atoms with Gasteiger partial charge in [-0.25, -0.2) is 0 Å². The fraction of sp³-hybridized carbons (Fsp3) is 0.522. The second-order valence-corrected chi connectivity index (χ2v) is 12.3. The van der Waals surface area contributed by atoms with E-state index in [1.165, 1.54) is 17.5 Å². The van der Waals surface area contributed by atoms with Crippen LogP contribution in [0.1, 0.15) is 36.6 Å². The molecule has 0 radical (unpaired) electrons. The van der Waals surface area contributed by atoms with Gasteiger partial charge in [0.2, 0.25) is 0 Å². The quantitative estimate of drug-likeness (QED) is 0.294. The molecule has 5 rings (SSSR count). The van der Waals surface area contributed by atoms with Gasteiger partial charge in [0.1, 0.15) is 0 Å². The maximum absolute atomic E-state index is 10.4. The Hall–Kier alpha value is -1.58. The van der Waals surface area contributed by atoms with Gasteiger partial charge in [-0.15, -0.1) is 0 Å². The van der Waals surface area contributed by atoms with Gasteiger partial charge in [0, 0.05) is 0 Å². The Balaban J connectivity index is 1.36. The molecule has 182 valence electrons. The van der Waals surface area contributed by atoms with E-state index in [1.807, 2.05) is 12.1 Å². The van der Waals surface area contributed by atoms with Crippen LogP contribution in [0, 0.1) is 6.92 Å². The molecule has 1 aromatic carbocycles. The normalized spacial score (nSPS) is 29.7. The van der Waals surface area contributed by atoms with Crippen LogP contribution in [0.5, 0.6) is 0 Å². The molecule has 0 spiro atoms. The Kier molecular flexibility index (Phi) is 7.23. The summed E-state index contributed by atoms with van der Waals surface area (Å²) in [4.78, 5) is 13.4. The topological polar surface area (TPSA) is 123 Å². The van der Waals surface area contributed by atoms with Crippen LogP contribution in [0.3, 0.4) is 0 Å². The SMILES string of the molecule is Cc1ccccc1COC1CCCC1[AsH]c1nc(Cl)nc2c1ncn2C1OC(CO)C(O)C1O. The van der Waals surface area contributed by atoms with Crippen LogP contribution in [-0.2, 0) is 16.1 Å². The number of nitrogens with zero attached hydrogens (tertiary/aromatic N) is 4. The number of benzene rings is 1. The van der Waals surface area contributed by atoms with Crippen LogP contribution >= 0.6 is 11.6 Å². The number of ether oxygens (including phenoxy) is 2. The van der Waals surface area contributed by atoms with Crippen LogP contribution in [0.4, 0.5) is 0 Å². The Morgan fingerprint density at radius 3 is 2.79 bits per heavy atom. The van der Waals surface area contributed by atoms with Gasteiger partial charge in [-0.3, -0.25) is 0 Å². The number of fused-ring (bicyclic) bond motifs is 1. The summed E-state index contributed by atoms with van der Waals surface area (Å²) in [5.41, 5.74) is 3.52. The zero-order valence-corrected chi connectivity index (χ0v) is 21.6. The Bertz CT molecular complexity index is 1160. The molecule has 3 N–H and O–H groups in total. The summed E-state index contributed by atoms with van der Waals surface area (Å²) in [6, 6.07) is 8.27. The first kappa shape index (κ1) is 24.1. The molecule has 0 bridgehead atoms. The third-order valence-electron chi connectivity index (χ3n) is 6.67. The fourth-order valence-corrected chi connectivity index (χ4v) is 8.46. The van der Waals surface area contributed by atoms with Crippen LogP contribution in [0.25, 0.3) is 11.2 Å². The number of aliphatic hydroxyl groups excluding tert-OH is 3. The van der Waals surface area contributed by atoms with Crippen molar-refractivity contribution >= 4 is 43.0 Å². The Morgan fingerprint density at radius 2 is 2.03 bits per heavy atom. The number of hydrogen-bond acceptors (Lipinski definition) is 8. The number of rotatable bonds is 7. The van der Waals surface area contributed by atoms with Crippen molar-refractivity contribution in [2.45, 2.75) is 68.1 Å². The molecule has 34 heavy (non-hydrogen) atoms. The van der Waals surface area contributed by atoms with Gasteiger partial charge in [-0.1, -0.05) is 0 Å². The van der Waals surface area contributed by atoms with Gasteiger partial charge in [0.25, 0.3) is 0 Å². The van der Waals surface area contributed by atoms with Crippen LogP contribution in [-0.4, -0.2) is 81.6 Å². The van der Waals surface area contributed by atoms with E-state index in [0.717, 1.165) is 23.7 Å². The molecule has 1 aliphatic carbocycles. The third-order valence-corrected chi connectivity index (χ3v) is 10.3. The minimum atomic E-state index is -1.23. The second-order valence-electron chi connectivity index (χ2n) is 8.85. The van der Waals surface area contributed by atoms with E-state index >= 15 is 0 Å². The molecule has 1 saturated carbocycles. The van der Waals surface area contributed by atoms with E-state index in [1.54, 1.807) is 4.57 Å². The van der Waals surface area contributed by atoms with Crippen molar-refractivity contribution in [3.05, 3.63) is 47.0 Å². The fourth-order valence-electron chi connectivity index (χ4n) is 4.72. The average Bonchev–Trinajstić information content (AvgIpc) is 3.52. The van der Waals surface area contributed by atoms with Gasteiger partial charge in [0.05, 0.1) is 0 Å². The first-order chi connectivity index (χ1) is 16.5. The van der Waals surface area contributed by atoms with Crippen molar-refractivity contribution in [2.24, 2.45) is 0 Å². The molecule has 7 unspecified atom stereocenters. The van der Waals surface area contributed by atoms with Gasteiger partial charge in [-0.2, -0.15) is 0 Å². The molecule has 2 aromatic heterocycles. The van der Waals surface area contributed by atoms with Crippen LogP contribution in [0.15, 0.2) is 30.6 Å². The zero-order chi connectivity index (χ0) is 23.8. The van der Waals surface area contributed by atoms with Gasteiger partial charge in [0.15, 0.2) is 0 Å². The molecule has 1 saturated heterocycles. The van der Waals surface area contributed by atoms with Gasteiger partial charge >= 0.3 is 209 Å². The standard InChI is InChI=1S/C23H28AsClN4O5/c1-12-5-2-3-6-13(12)10-33-15-8-4-7-14(15)24-20-17-21(28-23(25)27-20)29(11-26-17)22-19(32)18(31)16(9-30)34-22/h2-3,5-6,11,14-16,18-19,22,24,30-32H,4,7-10H2,1H3. The summed E-state index contributed by atoms with van der Waals surface area (Å²) < 4.78 is 14.8. The molecule has 2 aliphatic rings. The number of aromatic nitrogens is 4. The monoisotopic (exact) mass is 550 g/mol. The molecule has 3 aromatic rings. The summed E-state index contributed by atoms with van der Waals surface area (Å²) in [5.74, 6) is 0. The van der Waals surface area contributed by atoms with E-state index in [9.17, 15) is 15.3 Å². The summed E-state index contributed by atoms with van der Waals surface area (Å²) in [6.45, 7) is 2.29. The summed E-state index contributed by atoms with van der Waals surface area (Å²) >= 11 is 5.54. The number of imidazole rings is 1. The zero-order valence-electron chi connectivity index (χ0n) is 18.7. The van der Waals surface area contributed by atoms with Crippen molar-refractivity contribution in [3.63, 3.8) is 0 Å². The maximum atomic E-state index is 10.4. The molecule has 9 nitrogen and oxygen atoms in total. The van der Waals surface area contributed by atoms with Gasteiger partial charge < -0.3 is 0 Å². The van der Waals surface area contributed by atoms with Crippen molar-refractivity contribution in [1.29, 1.82) is 0 Å². The molecule has 2 fully saturated rings. The van der Waals surface area contributed by atoms with E-state index in [-0.39, 0.29) is 11.4 Å². The van der Waals surface area contributed by atoms with Crippen molar-refractivity contribution < 1.29 is 24.8 Å². The number of hydrogen-bond donors (Lipinski definition) is 3. The van der Waals surface area contributed by atoms with Crippen molar-refractivity contribution in [3.8, 4) is 0 Å². The molecule has 7 atom stereocenters. The summed E-state index contributed by atoms with van der Waals surface area (Å²) in [5, 5.41) is 30.1. The summed E-state index contributed by atoms with van der Waals surface area (Å²) in [7, 11) is 0. The van der Waals surface area contributed by atoms with E-state index < -0.39 is 46.9 Å². The predicted molar refractivity (Wildman–Crippen MR) is 127 cm³/mol. The predicted octanol–water partition coefficient (Wildman–Crippen LogP) is 1.02. The van der Waals surface area contributed by atoms with Crippen LogP contribution in [0.2, 0.25) is 9.99 Å². The summed E-state index contributed by atoms with van der Waals surface area (Å²) in [6.07, 6.45) is 0.679. The van der Waals surface area contributed by atoms with E-state index in [2.05, 4.69) is 34.0 Å². The Morgan fingerprint density at radius 1 is 1.21 bits per heavy atom. The number of aryl methyl sites for hydroxylation is 1. The Labute approximate surface area is 208 Å². The minimum absolute atomic E-state index is 0.107. The first-order valence-electron chi connectivity index (χ1n) is 11.4. The molecule has 11 heteroatoms. The second kappa shape index (κ2) is 10.2. The van der Waals surface area contributed by atoms with Crippen molar-refractivity contribution in [2.75, 3.05) is 6.61 Å². The molecule has 1 aliphatic heterocycles. The van der Waals surface area contributed by atoms with Gasteiger partial charge in [-0.05, 0) is 0 Å². The first-order valence-corrected chi connectivity index (χ1v) is 14.0. The van der Waals surface area contributed by atoms with Crippen LogP contribution < -0.4 is 4.48 Å². The molecule has 0 amide bonds. The van der Waals surface area contributed by atoms with E-state index in [0.29, 0.717) is 22.5 Å². The number of aliphatic hydroxyl groups is 3. The van der Waals surface area contributed by atoms with Crippen molar-refractivity contribution in [1.82, 2.24) is 19.5 Å². The number of halogens is 1. The molecule has 3 heterocycles.